The van der Waals surface area contributed by atoms with E-state index in [-0.39, 0.29) is 5.91 Å². The Balaban J connectivity index is 3.58. The van der Waals surface area contributed by atoms with Gasteiger partial charge in [0.05, 0.1) is 0 Å². The summed E-state index contributed by atoms with van der Waals surface area (Å²) in [5.41, 5.74) is 5.47. The quantitative estimate of drug-likeness (QED) is 0.636. The Morgan fingerprint density at radius 1 is 1.25 bits per heavy atom. The van der Waals surface area contributed by atoms with Crippen LogP contribution in [0.4, 0.5) is 0 Å². The number of nitrogens with two attached hydrogens (primary N) is 1. The molecule has 3 N–H and O–H groups in total. The molecule has 1 atom stereocenters. The van der Waals surface area contributed by atoms with E-state index in [4.69, 9.17) is 5.73 Å². The zero-order valence-electron chi connectivity index (χ0n) is 11.1. The molecule has 1 amide bonds. The monoisotopic (exact) mass is 228 g/mol. The van der Waals surface area contributed by atoms with Crippen LogP contribution in [0, 0.1) is 11.8 Å². The van der Waals surface area contributed by atoms with Crippen LogP contribution in [0.2, 0.25) is 0 Å². The van der Waals surface area contributed by atoms with E-state index in [0.717, 1.165) is 38.8 Å². The molecule has 0 bridgehead atoms. The molecule has 0 aliphatic rings. The molecule has 0 aromatic carbocycles. The molecule has 96 valence electrons. The van der Waals surface area contributed by atoms with Crippen molar-refractivity contribution in [3.05, 3.63) is 0 Å². The van der Waals surface area contributed by atoms with Crippen LogP contribution >= 0.6 is 0 Å². The minimum absolute atomic E-state index is 0.191. The van der Waals surface area contributed by atoms with Gasteiger partial charge in [0.25, 0.3) is 0 Å². The molecule has 16 heavy (non-hydrogen) atoms. The molecule has 0 aromatic heterocycles. The van der Waals surface area contributed by atoms with E-state index >= 15 is 0 Å². The number of nitrogens with one attached hydrogen (secondary N) is 1. The number of rotatable bonds is 9. The fraction of sp³-hybridized carbons (Fsp3) is 0.923. The molecule has 0 rings (SSSR count). The standard InChI is InChI=1S/C13H28N2O/c1-4-12(5-2)10-15-13(16)7-6-11(3)8-9-14/h11-12H,4-10,14H2,1-3H3,(H,15,16). The fourth-order valence-electron chi connectivity index (χ4n) is 1.73. The minimum atomic E-state index is 0.191. The Bertz CT molecular complexity index is 179. The molecule has 3 nitrogen and oxygen atoms in total. The molecule has 0 fully saturated rings. The normalized spacial score (nSPS) is 12.8. The van der Waals surface area contributed by atoms with Gasteiger partial charge < -0.3 is 11.1 Å². The molecule has 3 heteroatoms. The first-order valence-electron chi connectivity index (χ1n) is 6.60. The lowest BCUT2D eigenvalue weighted by atomic mass is 10.0. The Labute approximate surface area is 100 Å². The maximum atomic E-state index is 11.5. The maximum absolute atomic E-state index is 11.5. The van der Waals surface area contributed by atoms with Crippen LogP contribution < -0.4 is 11.1 Å². The highest BCUT2D eigenvalue weighted by molar-refractivity contribution is 5.75. The van der Waals surface area contributed by atoms with Crippen LogP contribution in [0.5, 0.6) is 0 Å². The van der Waals surface area contributed by atoms with E-state index in [1.807, 2.05) is 0 Å². The summed E-state index contributed by atoms with van der Waals surface area (Å²) in [7, 11) is 0. The molecule has 0 heterocycles. The molecule has 0 aliphatic heterocycles. The average Bonchev–Trinajstić information content (AvgIpc) is 2.28. The Morgan fingerprint density at radius 2 is 1.88 bits per heavy atom. The van der Waals surface area contributed by atoms with Crippen LogP contribution in [0.15, 0.2) is 0 Å². The number of amides is 1. The number of hydrogen-bond acceptors (Lipinski definition) is 2. The Hall–Kier alpha value is -0.570. The molecule has 0 aliphatic carbocycles. The lowest BCUT2D eigenvalue weighted by molar-refractivity contribution is -0.121. The highest BCUT2D eigenvalue weighted by atomic mass is 16.1. The summed E-state index contributed by atoms with van der Waals surface area (Å²) >= 11 is 0. The second kappa shape index (κ2) is 9.64. The van der Waals surface area contributed by atoms with Gasteiger partial charge in [-0.15, -0.1) is 0 Å². The molecule has 0 spiro atoms. The second-order valence-electron chi connectivity index (χ2n) is 4.71. The first kappa shape index (κ1) is 15.4. The highest BCUT2D eigenvalue weighted by Crippen LogP contribution is 2.09. The van der Waals surface area contributed by atoms with Gasteiger partial charge in [-0.1, -0.05) is 33.6 Å². The van der Waals surface area contributed by atoms with E-state index < -0.39 is 0 Å². The SMILES string of the molecule is CCC(CC)CNC(=O)CCC(C)CCN. The lowest BCUT2D eigenvalue weighted by Crippen LogP contribution is -2.29. The van der Waals surface area contributed by atoms with Crippen molar-refractivity contribution in [3.8, 4) is 0 Å². The molecule has 0 aromatic rings. The van der Waals surface area contributed by atoms with Crippen LogP contribution in [-0.4, -0.2) is 19.0 Å². The largest absolute Gasteiger partial charge is 0.356 e. The van der Waals surface area contributed by atoms with E-state index in [9.17, 15) is 4.79 Å². The summed E-state index contributed by atoms with van der Waals surface area (Å²) in [5, 5.41) is 3.01. The van der Waals surface area contributed by atoms with Gasteiger partial charge >= 0.3 is 0 Å². The second-order valence-corrected chi connectivity index (χ2v) is 4.71. The van der Waals surface area contributed by atoms with Crippen molar-refractivity contribution in [1.29, 1.82) is 0 Å². The van der Waals surface area contributed by atoms with Crippen LogP contribution in [0.1, 0.15) is 52.9 Å². The zero-order valence-corrected chi connectivity index (χ0v) is 11.1. The van der Waals surface area contributed by atoms with Crippen molar-refractivity contribution in [2.24, 2.45) is 17.6 Å². The summed E-state index contributed by atoms with van der Waals surface area (Å²) in [4.78, 5) is 11.5. The van der Waals surface area contributed by atoms with Crippen molar-refractivity contribution in [1.82, 2.24) is 5.32 Å². The van der Waals surface area contributed by atoms with E-state index in [2.05, 4.69) is 26.1 Å². The van der Waals surface area contributed by atoms with Crippen molar-refractivity contribution in [3.63, 3.8) is 0 Å². The highest BCUT2D eigenvalue weighted by Gasteiger charge is 2.08. The van der Waals surface area contributed by atoms with Gasteiger partial charge in [0.1, 0.15) is 0 Å². The van der Waals surface area contributed by atoms with Gasteiger partial charge in [-0.3, -0.25) is 4.79 Å². The zero-order chi connectivity index (χ0) is 12.4. The van der Waals surface area contributed by atoms with Gasteiger partial charge in [0.15, 0.2) is 0 Å². The topological polar surface area (TPSA) is 55.1 Å². The number of carbonyl (C=O) groups is 1. The van der Waals surface area contributed by atoms with Gasteiger partial charge in [-0.05, 0) is 31.2 Å². The van der Waals surface area contributed by atoms with Crippen molar-refractivity contribution >= 4 is 5.91 Å². The molecule has 1 unspecified atom stereocenters. The van der Waals surface area contributed by atoms with Crippen molar-refractivity contribution in [2.75, 3.05) is 13.1 Å². The maximum Gasteiger partial charge on any atom is 0.220 e. The van der Waals surface area contributed by atoms with Crippen molar-refractivity contribution < 1.29 is 4.79 Å². The molecule has 0 saturated heterocycles. The van der Waals surface area contributed by atoms with Crippen LogP contribution in [0.3, 0.4) is 0 Å². The Kier molecular flexibility index (Phi) is 9.30. The molecular weight excluding hydrogens is 200 g/mol. The van der Waals surface area contributed by atoms with E-state index in [1.54, 1.807) is 0 Å². The van der Waals surface area contributed by atoms with E-state index in [1.165, 1.54) is 0 Å². The van der Waals surface area contributed by atoms with Crippen LogP contribution in [-0.2, 0) is 4.79 Å². The smallest absolute Gasteiger partial charge is 0.220 e. The average molecular weight is 228 g/mol. The number of hydrogen-bond donors (Lipinski definition) is 2. The van der Waals surface area contributed by atoms with Gasteiger partial charge in [0, 0.05) is 13.0 Å². The number of carbonyl (C=O) groups excluding carboxylic acids is 1. The third kappa shape index (κ3) is 7.69. The first-order chi connectivity index (χ1) is 7.63. The molecule has 0 radical (unpaired) electrons. The van der Waals surface area contributed by atoms with Gasteiger partial charge in [-0.2, -0.15) is 0 Å². The lowest BCUT2D eigenvalue weighted by Gasteiger charge is -2.14. The summed E-state index contributed by atoms with van der Waals surface area (Å²) in [5.74, 6) is 1.38. The Morgan fingerprint density at radius 3 is 2.38 bits per heavy atom. The predicted octanol–water partition coefficient (Wildman–Crippen LogP) is 2.30. The van der Waals surface area contributed by atoms with Crippen LogP contribution in [0.25, 0.3) is 0 Å². The van der Waals surface area contributed by atoms with E-state index in [0.29, 0.717) is 18.3 Å². The van der Waals surface area contributed by atoms with Gasteiger partial charge in [0.2, 0.25) is 5.91 Å². The third-order valence-corrected chi connectivity index (χ3v) is 3.27. The minimum Gasteiger partial charge on any atom is -0.356 e. The van der Waals surface area contributed by atoms with Gasteiger partial charge in [-0.25, -0.2) is 0 Å². The van der Waals surface area contributed by atoms with Crippen molar-refractivity contribution in [2.45, 2.75) is 52.9 Å². The fourth-order valence-corrected chi connectivity index (χ4v) is 1.73. The summed E-state index contributed by atoms with van der Waals surface area (Å²) in [6.45, 7) is 8.04. The molecule has 0 saturated carbocycles. The summed E-state index contributed by atoms with van der Waals surface area (Å²) in [6, 6.07) is 0. The summed E-state index contributed by atoms with van der Waals surface area (Å²) in [6.07, 6.45) is 4.88. The third-order valence-electron chi connectivity index (χ3n) is 3.27. The summed E-state index contributed by atoms with van der Waals surface area (Å²) < 4.78 is 0. The predicted molar refractivity (Wildman–Crippen MR) is 69.2 cm³/mol. The first-order valence-corrected chi connectivity index (χ1v) is 6.60. The molecular formula is C13H28N2O.